The van der Waals surface area contributed by atoms with Crippen LogP contribution in [0.1, 0.15) is 0 Å². The van der Waals surface area contributed by atoms with E-state index in [9.17, 15) is 8.42 Å². The third-order valence-electron chi connectivity index (χ3n) is 1.78. The minimum atomic E-state index is -3.68. The van der Waals surface area contributed by atoms with Gasteiger partial charge >= 0.3 is 0 Å². The van der Waals surface area contributed by atoms with Gasteiger partial charge in [0, 0.05) is 5.69 Å². The molecule has 0 unspecified atom stereocenters. The number of benzene rings is 1. The van der Waals surface area contributed by atoms with Gasteiger partial charge in [-0.3, -0.25) is 4.72 Å². The lowest BCUT2D eigenvalue weighted by atomic mass is 10.3. The number of sulfonamides is 1. The fourth-order valence-corrected chi connectivity index (χ4v) is 2.02. The van der Waals surface area contributed by atoms with Crippen LogP contribution < -0.4 is 4.72 Å². The van der Waals surface area contributed by atoms with Gasteiger partial charge in [-0.1, -0.05) is 18.2 Å². The summed E-state index contributed by atoms with van der Waals surface area (Å²) < 4.78 is 25.9. The summed E-state index contributed by atoms with van der Waals surface area (Å²) in [5, 5.41) is 9.96. The maximum absolute atomic E-state index is 11.8. The average Bonchev–Trinajstić information content (AvgIpc) is 2.31. The Kier molecular flexibility index (Phi) is 2.78. The van der Waals surface area contributed by atoms with Crippen molar-refractivity contribution in [2.45, 2.75) is 5.03 Å². The maximum Gasteiger partial charge on any atom is 0.281 e. The fraction of sp³-hybridized carbons (Fsp3) is 0. The molecule has 0 aliphatic rings. The molecular formula is C9H8N4O2S. The van der Waals surface area contributed by atoms with Crippen molar-refractivity contribution in [3.8, 4) is 0 Å². The van der Waals surface area contributed by atoms with Crippen molar-refractivity contribution in [3.63, 3.8) is 0 Å². The van der Waals surface area contributed by atoms with Crippen molar-refractivity contribution in [1.29, 1.82) is 0 Å². The molecule has 1 heterocycles. The zero-order chi connectivity index (χ0) is 11.4. The monoisotopic (exact) mass is 236 g/mol. The smallest absolute Gasteiger partial charge is 0.278 e. The Hall–Kier alpha value is -2.02. The van der Waals surface area contributed by atoms with Crippen LogP contribution in [0.15, 0.2) is 47.6 Å². The largest absolute Gasteiger partial charge is 0.281 e. The Morgan fingerprint density at radius 3 is 2.44 bits per heavy atom. The summed E-state index contributed by atoms with van der Waals surface area (Å²) in [5.41, 5.74) is 0.473. The Morgan fingerprint density at radius 1 is 1.06 bits per heavy atom. The number of nitrogens with one attached hydrogen (secondary N) is 1. The van der Waals surface area contributed by atoms with Gasteiger partial charge in [-0.25, -0.2) is 0 Å². The van der Waals surface area contributed by atoms with Crippen LogP contribution in [0.25, 0.3) is 0 Å². The summed E-state index contributed by atoms with van der Waals surface area (Å²) in [7, 11) is -3.68. The summed E-state index contributed by atoms with van der Waals surface area (Å²) in [6.07, 6.45) is 1.27. The van der Waals surface area contributed by atoms with E-state index in [0.29, 0.717) is 5.69 Å². The topological polar surface area (TPSA) is 84.8 Å². The second-order valence-corrected chi connectivity index (χ2v) is 4.56. The molecule has 1 aromatic heterocycles. The highest BCUT2D eigenvalue weighted by atomic mass is 32.2. The number of hydrogen-bond donors (Lipinski definition) is 1. The van der Waals surface area contributed by atoms with Crippen LogP contribution in [-0.2, 0) is 10.0 Å². The normalized spacial score (nSPS) is 11.0. The third-order valence-corrected chi connectivity index (χ3v) is 3.05. The molecule has 1 aromatic carbocycles. The molecule has 82 valence electrons. The van der Waals surface area contributed by atoms with Gasteiger partial charge in [0.1, 0.15) is 0 Å². The number of para-hydroxylation sites is 1. The lowest BCUT2D eigenvalue weighted by molar-refractivity contribution is 0.593. The van der Waals surface area contributed by atoms with Crippen LogP contribution in [-0.4, -0.2) is 23.8 Å². The molecule has 0 atom stereocenters. The minimum Gasteiger partial charge on any atom is -0.278 e. The molecule has 6 nitrogen and oxygen atoms in total. The zero-order valence-corrected chi connectivity index (χ0v) is 8.92. The van der Waals surface area contributed by atoms with E-state index in [1.54, 1.807) is 30.3 Å². The first-order chi connectivity index (χ1) is 7.68. The lowest BCUT2D eigenvalue weighted by Gasteiger charge is -2.05. The summed E-state index contributed by atoms with van der Waals surface area (Å²) in [6, 6.07) is 9.83. The summed E-state index contributed by atoms with van der Waals surface area (Å²) in [5.74, 6) is 0. The Balaban J connectivity index is 2.29. The molecule has 0 amide bonds. The predicted octanol–water partition coefficient (Wildman–Crippen LogP) is 0.672. The van der Waals surface area contributed by atoms with Crippen LogP contribution in [0.2, 0.25) is 0 Å². The third kappa shape index (κ3) is 2.31. The molecule has 2 rings (SSSR count). The van der Waals surface area contributed by atoms with E-state index in [4.69, 9.17) is 0 Å². The Morgan fingerprint density at radius 2 is 1.81 bits per heavy atom. The molecular weight excluding hydrogens is 228 g/mol. The van der Waals surface area contributed by atoms with Crippen molar-refractivity contribution in [2.75, 3.05) is 4.72 Å². The van der Waals surface area contributed by atoms with E-state index in [0.717, 1.165) is 0 Å². The van der Waals surface area contributed by atoms with Crippen LogP contribution in [0.3, 0.4) is 0 Å². The molecule has 0 bridgehead atoms. The lowest BCUT2D eigenvalue weighted by Crippen LogP contribution is -2.15. The number of hydrogen-bond acceptors (Lipinski definition) is 5. The highest BCUT2D eigenvalue weighted by Crippen LogP contribution is 2.12. The summed E-state index contributed by atoms with van der Waals surface area (Å²) >= 11 is 0. The molecule has 0 aliphatic heterocycles. The zero-order valence-electron chi connectivity index (χ0n) is 8.11. The fourth-order valence-electron chi connectivity index (χ4n) is 1.09. The van der Waals surface area contributed by atoms with Crippen molar-refractivity contribution >= 4 is 15.7 Å². The van der Waals surface area contributed by atoms with Gasteiger partial charge in [0.15, 0.2) is 0 Å². The van der Waals surface area contributed by atoms with E-state index >= 15 is 0 Å². The van der Waals surface area contributed by atoms with Gasteiger partial charge in [-0.2, -0.15) is 8.42 Å². The highest BCUT2D eigenvalue weighted by Gasteiger charge is 2.15. The van der Waals surface area contributed by atoms with E-state index in [2.05, 4.69) is 20.1 Å². The van der Waals surface area contributed by atoms with Crippen molar-refractivity contribution in [2.24, 2.45) is 0 Å². The first-order valence-electron chi connectivity index (χ1n) is 4.41. The first-order valence-corrected chi connectivity index (χ1v) is 5.89. The molecule has 0 aliphatic carbocycles. The molecule has 0 fully saturated rings. The molecule has 7 heteroatoms. The number of rotatable bonds is 3. The average molecular weight is 236 g/mol. The SMILES string of the molecule is O=S(=O)(Nc1ccccc1)c1ccnnn1. The second-order valence-electron chi connectivity index (χ2n) is 2.93. The summed E-state index contributed by atoms with van der Waals surface area (Å²) in [6.45, 7) is 0. The predicted molar refractivity (Wildman–Crippen MR) is 57.1 cm³/mol. The van der Waals surface area contributed by atoms with Gasteiger partial charge in [0.2, 0.25) is 5.03 Å². The molecule has 16 heavy (non-hydrogen) atoms. The van der Waals surface area contributed by atoms with Crippen LogP contribution >= 0.6 is 0 Å². The second kappa shape index (κ2) is 4.23. The Bertz CT molecular complexity index is 557. The van der Waals surface area contributed by atoms with Gasteiger partial charge in [0.05, 0.1) is 6.20 Å². The highest BCUT2D eigenvalue weighted by molar-refractivity contribution is 7.92. The van der Waals surface area contributed by atoms with E-state index in [-0.39, 0.29) is 5.03 Å². The molecule has 0 saturated carbocycles. The van der Waals surface area contributed by atoms with E-state index in [1.165, 1.54) is 12.3 Å². The van der Waals surface area contributed by atoms with E-state index in [1.807, 2.05) is 0 Å². The van der Waals surface area contributed by atoms with Gasteiger partial charge in [-0.15, -0.1) is 10.2 Å². The van der Waals surface area contributed by atoms with Crippen LogP contribution in [0.5, 0.6) is 0 Å². The van der Waals surface area contributed by atoms with Crippen molar-refractivity contribution in [1.82, 2.24) is 15.4 Å². The van der Waals surface area contributed by atoms with Gasteiger partial charge in [0.25, 0.3) is 10.0 Å². The maximum atomic E-state index is 11.8. The molecule has 0 radical (unpaired) electrons. The number of nitrogens with zero attached hydrogens (tertiary/aromatic N) is 3. The summed E-state index contributed by atoms with van der Waals surface area (Å²) in [4.78, 5) is 0. The van der Waals surface area contributed by atoms with Crippen LogP contribution in [0, 0.1) is 0 Å². The number of anilines is 1. The molecule has 2 aromatic rings. The minimum absolute atomic E-state index is 0.161. The van der Waals surface area contributed by atoms with Gasteiger partial charge < -0.3 is 0 Å². The van der Waals surface area contributed by atoms with Crippen molar-refractivity contribution < 1.29 is 8.42 Å². The van der Waals surface area contributed by atoms with Gasteiger partial charge in [-0.05, 0) is 23.4 Å². The molecule has 1 N–H and O–H groups in total. The first kappa shape index (κ1) is 10.5. The molecule has 0 saturated heterocycles. The standard InChI is InChI=1S/C9H8N4O2S/c14-16(15,9-6-7-10-13-11-9)12-8-4-2-1-3-5-8/h1-7,12H. The van der Waals surface area contributed by atoms with Crippen molar-refractivity contribution in [3.05, 3.63) is 42.6 Å². The number of aromatic nitrogens is 3. The quantitative estimate of drug-likeness (QED) is 0.846. The van der Waals surface area contributed by atoms with E-state index < -0.39 is 10.0 Å². The van der Waals surface area contributed by atoms with Crippen LogP contribution in [0.4, 0.5) is 5.69 Å². The Labute approximate surface area is 92.4 Å². The molecule has 0 spiro atoms.